The molecule has 37 heavy (non-hydrogen) atoms. The average Bonchev–Trinajstić information content (AvgIpc) is 3.20. The van der Waals surface area contributed by atoms with Gasteiger partial charge in [-0.3, -0.25) is 14.4 Å². The van der Waals surface area contributed by atoms with Gasteiger partial charge in [0, 0.05) is 38.8 Å². The number of fused-ring (bicyclic) bond motifs is 2. The van der Waals surface area contributed by atoms with E-state index in [2.05, 4.69) is 6.92 Å². The normalized spacial score (nSPS) is 31.8. The highest BCUT2D eigenvalue weighted by Gasteiger charge is 2.71. The van der Waals surface area contributed by atoms with Crippen molar-refractivity contribution in [3.63, 3.8) is 0 Å². The van der Waals surface area contributed by atoms with Gasteiger partial charge in [0.1, 0.15) is 11.6 Å². The molecule has 0 bridgehead atoms. The first-order chi connectivity index (χ1) is 17.9. The van der Waals surface area contributed by atoms with Crippen LogP contribution in [0.15, 0.2) is 54.6 Å². The Kier molecular flexibility index (Phi) is 7.23. The van der Waals surface area contributed by atoms with Gasteiger partial charge in [0.2, 0.25) is 17.7 Å². The van der Waals surface area contributed by atoms with E-state index < -0.39 is 29.6 Å². The number of hydrogen-bond acceptors (Lipinski definition) is 5. The van der Waals surface area contributed by atoms with Crippen LogP contribution in [0.2, 0.25) is 0 Å². The second-order valence-electron chi connectivity index (χ2n) is 10.6. The lowest BCUT2D eigenvalue weighted by Gasteiger charge is -2.37. The summed E-state index contributed by atoms with van der Waals surface area (Å²) in [4.78, 5) is 47.3. The minimum atomic E-state index is -1.21. The molecule has 4 aliphatic rings. The molecule has 8 heteroatoms. The fourth-order valence-electron chi connectivity index (χ4n) is 6.60. The third kappa shape index (κ3) is 4.30. The number of carbonyl (C=O) groups excluding carboxylic acids is 3. The molecule has 3 amide bonds. The minimum Gasteiger partial charge on any atom is -0.396 e. The predicted octanol–water partition coefficient (Wildman–Crippen LogP) is 2.14. The molecule has 8 nitrogen and oxygen atoms in total. The van der Waals surface area contributed by atoms with Crippen LogP contribution in [0.1, 0.15) is 38.7 Å². The van der Waals surface area contributed by atoms with Crippen molar-refractivity contribution in [3.05, 3.63) is 60.2 Å². The van der Waals surface area contributed by atoms with Crippen molar-refractivity contribution in [2.75, 3.05) is 26.2 Å². The van der Waals surface area contributed by atoms with Gasteiger partial charge in [0.15, 0.2) is 0 Å². The van der Waals surface area contributed by atoms with E-state index in [0.717, 1.165) is 18.4 Å². The molecule has 0 aliphatic carbocycles. The molecule has 1 aromatic carbocycles. The van der Waals surface area contributed by atoms with E-state index in [1.165, 1.54) is 0 Å². The Morgan fingerprint density at radius 3 is 2.59 bits per heavy atom. The van der Waals surface area contributed by atoms with Gasteiger partial charge in [-0.1, -0.05) is 68.0 Å². The molecule has 2 saturated heterocycles. The molecule has 0 aromatic heterocycles. The van der Waals surface area contributed by atoms with Crippen LogP contribution in [-0.4, -0.2) is 87.6 Å². The molecular weight excluding hydrogens is 470 g/mol. The molecule has 2 unspecified atom stereocenters. The molecule has 4 aliphatic heterocycles. The molecule has 4 heterocycles. The number of carbonyl (C=O) groups is 3. The van der Waals surface area contributed by atoms with E-state index in [1.807, 2.05) is 66.5 Å². The van der Waals surface area contributed by atoms with E-state index >= 15 is 0 Å². The smallest absolute Gasteiger partial charge is 0.249 e. The van der Waals surface area contributed by atoms with Crippen molar-refractivity contribution in [1.82, 2.24) is 14.7 Å². The number of hydrogen-bond donors (Lipinski definition) is 1. The summed E-state index contributed by atoms with van der Waals surface area (Å²) >= 11 is 0. The van der Waals surface area contributed by atoms with E-state index in [0.29, 0.717) is 26.1 Å². The fourth-order valence-corrected chi connectivity index (χ4v) is 6.60. The number of aliphatic hydroxyl groups excluding tert-OH is 1. The number of likely N-dealkylation sites (tertiary alicyclic amines) is 1. The highest BCUT2D eigenvalue weighted by atomic mass is 16.5. The summed E-state index contributed by atoms with van der Waals surface area (Å²) in [5.74, 6) is -2.02. The van der Waals surface area contributed by atoms with E-state index in [9.17, 15) is 19.5 Å². The number of benzene rings is 1. The molecular formula is C29H37N3O5. The van der Waals surface area contributed by atoms with E-state index in [4.69, 9.17) is 4.74 Å². The Bertz CT molecular complexity index is 1090. The number of ether oxygens (including phenoxy) is 1. The largest absolute Gasteiger partial charge is 0.396 e. The standard InChI is InChI=1S/C29H37N3O5/c1-3-10-20(2)31-16-8-14-29-24(27(35)32(17-9-18-33)25(29)28(31)36)23-22(37-29)13-7-15-30(26(23)34)19-21-11-5-4-6-12-21/h4-8,11-14,20,22-25,33H,3,9-10,15-19H2,1-2H3/t20?,22-,23+,24+,25?,29+/m1/s1. The summed E-state index contributed by atoms with van der Waals surface area (Å²) < 4.78 is 6.66. The minimum absolute atomic E-state index is 0.0147. The van der Waals surface area contributed by atoms with Crippen molar-refractivity contribution < 1.29 is 24.2 Å². The van der Waals surface area contributed by atoms with Crippen molar-refractivity contribution in [1.29, 1.82) is 0 Å². The van der Waals surface area contributed by atoms with Gasteiger partial charge in [0.05, 0.1) is 17.9 Å². The average molecular weight is 508 g/mol. The van der Waals surface area contributed by atoms with Gasteiger partial charge in [0.25, 0.3) is 0 Å². The molecule has 5 rings (SSSR count). The number of aliphatic hydroxyl groups is 1. The molecule has 0 saturated carbocycles. The van der Waals surface area contributed by atoms with Gasteiger partial charge in [-0.25, -0.2) is 0 Å². The summed E-state index contributed by atoms with van der Waals surface area (Å²) in [6, 6.07) is 8.96. The topological polar surface area (TPSA) is 90.4 Å². The van der Waals surface area contributed by atoms with Crippen LogP contribution in [0.25, 0.3) is 0 Å². The van der Waals surface area contributed by atoms with Crippen LogP contribution in [0.5, 0.6) is 0 Å². The van der Waals surface area contributed by atoms with Crippen molar-refractivity contribution >= 4 is 17.7 Å². The van der Waals surface area contributed by atoms with Crippen molar-refractivity contribution in [3.8, 4) is 0 Å². The zero-order chi connectivity index (χ0) is 26.2. The van der Waals surface area contributed by atoms with Crippen LogP contribution in [0, 0.1) is 11.8 Å². The van der Waals surface area contributed by atoms with Crippen molar-refractivity contribution in [2.24, 2.45) is 11.8 Å². The Labute approximate surface area is 218 Å². The lowest BCUT2D eigenvalue weighted by atomic mass is 9.77. The maximum Gasteiger partial charge on any atom is 0.249 e. The molecule has 6 atom stereocenters. The molecule has 1 spiro atoms. The molecule has 1 N–H and O–H groups in total. The monoisotopic (exact) mass is 507 g/mol. The van der Waals surface area contributed by atoms with Gasteiger partial charge >= 0.3 is 0 Å². The SMILES string of the molecule is CCCC(C)N1CC=C[C@]23O[C@@H]4C=CCN(Cc5ccccc5)C(=O)[C@@H]4[C@H]2C(=O)N(CCCO)C3C1=O. The maximum atomic E-state index is 14.1. The third-order valence-electron chi connectivity index (χ3n) is 8.29. The number of nitrogens with zero attached hydrogens (tertiary/aromatic N) is 3. The summed E-state index contributed by atoms with van der Waals surface area (Å²) in [6.45, 7) is 5.59. The summed E-state index contributed by atoms with van der Waals surface area (Å²) in [5, 5.41) is 9.53. The van der Waals surface area contributed by atoms with Gasteiger partial charge < -0.3 is 24.5 Å². The predicted molar refractivity (Wildman–Crippen MR) is 138 cm³/mol. The first-order valence-corrected chi connectivity index (χ1v) is 13.5. The quantitative estimate of drug-likeness (QED) is 0.545. The molecule has 198 valence electrons. The second kappa shape index (κ2) is 10.4. The van der Waals surface area contributed by atoms with Gasteiger partial charge in [-0.2, -0.15) is 0 Å². The zero-order valence-corrected chi connectivity index (χ0v) is 21.7. The van der Waals surface area contributed by atoms with Crippen LogP contribution in [-0.2, 0) is 25.7 Å². The van der Waals surface area contributed by atoms with E-state index in [1.54, 1.807) is 9.80 Å². The molecule has 0 radical (unpaired) electrons. The van der Waals surface area contributed by atoms with Gasteiger partial charge in [-0.05, 0) is 25.3 Å². The lowest BCUT2D eigenvalue weighted by Crippen LogP contribution is -2.56. The summed E-state index contributed by atoms with van der Waals surface area (Å²) in [6.07, 6.45) is 9.21. The zero-order valence-electron chi connectivity index (χ0n) is 21.7. The Morgan fingerprint density at radius 2 is 1.86 bits per heavy atom. The highest BCUT2D eigenvalue weighted by Crippen LogP contribution is 2.53. The van der Waals surface area contributed by atoms with Crippen LogP contribution in [0.4, 0.5) is 0 Å². The highest BCUT2D eigenvalue weighted by molar-refractivity contribution is 5.99. The summed E-state index contributed by atoms with van der Waals surface area (Å²) in [7, 11) is 0. The van der Waals surface area contributed by atoms with Crippen LogP contribution >= 0.6 is 0 Å². The number of rotatable bonds is 8. The Hall–Kier alpha value is -2.97. The maximum absolute atomic E-state index is 14.1. The number of amides is 3. The first kappa shape index (κ1) is 25.7. The van der Waals surface area contributed by atoms with Crippen LogP contribution in [0.3, 0.4) is 0 Å². The lowest BCUT2D eigenvalue weighted by molar-refractivity contribution is -0.149. The Morgan fingerprint density at radius 1 is 1.08 bits per heavy atom. The second-order valence-corrected chi connectivity index (χ2v) is 10.6. The molecule has 2 fully saturated rings. The van der Waals surface area contributed by atoms with Crippen LogP contribution < -0.4 is 0 Å². The fraction of sp³-hybridized carbons (Fsp3) is 0.552. The first-order valence-electron chi connectivity index (χ1n) is 13.5. The molecule has 1 aromatic rings. The van der Waals surface area contributed by atoms with Crippen molar-refractivity contribution in [2.45, 2.75) is 63.4 Å². The third-order valence-corrected chi connectivity index (χ3v) is 8.29. The summed E-state index contributed by atoms with van der Waals surface area (Å²) in [5.41, 5.74) is -0.198. The van der Waals surface area contributed by atoms with Gasteiger partial charge in [-0.15, -0.1) is 0 Å². The Balaban J connectivity index is 1.53. The van der Waals surface area contributed by atoms with E-state index in [-0.39, 0.29) is 36.9 Å².